The topological polar surface area (TPSA) is 47.4 Å². The van der Waals surface area contributed by atoms with Crippen LogP contribution in [0.2, 0.25) is 0 Å². The summed E-state index contributed by atoms with van der Waals surface area (Å²) in [6.07, 6.45) is -2.26. The Morgan fingerprint density at radius 2 is 1.74 bits per heavy atom. The molecule has 1 aliphatic heterocycles. The molecule has 4 aromatic rings. The fourth-order valence-corrected chi connectivity index (χ4v) is 6.10. The maximum absolute atomic E-state index is 13.8. The first-order chi connectivity index (χ1) is 18.2. The van der Waals surface area contributed by atoms with Gasteiger partial charge in [-0.25, -0.2) is 4.68 Å². The van der Waals surface area contributed by atoms with Crippen molar-refractivity contribution in [1.82, 2.24) is 9.78 Å². The first-order valence-electron chi connectivity index (χ1n) is 12.2. The molecule has 194 valence electrons. The second-order valence-corrected chi connectivity index (χ2v) is 10.5. The smallest absolute Gasteiger partial charge is 0.435 e. The molecule has 2 aliphatic rings. The molecule has 38 heavy (non-hydrogen) atoms. The van der Waals surface area contributed by atoms with Crippen molar-refractivity contribution in [2.24, 2.45) is 0 Å². The summed E-state index contributed by atoms with van der Waals surface area (Å²) in [7, 11) is 1.60. The summed E-state index contributed by atoms with van der Waals surface area (Å²) in [4.78, 5) is 15.6. The van der Waals surface area contributed by atoms with Crippen molar-refractivity contribution in [2.75, 3.05) is 12.0 Å². The van der Waals surface area contributed by atoms with Gasteiger partial charge >= 0.3 is 6.18 Å². The van der Waals surface area contributed by atoms with E-state index in [0.717, 1.165) is 35.1 Å². The van der Waals surface area contributed by atoms with Crippen molar-refractivity contribution in [3.05, 3.63) is 94.1 Å². The number of hydrogen-bond donors (Lipinski definition) is 0. The van der Waals surface area contributed by atoms with Crippen LogP contribution in [0, 0.1) is 0 Å². The van der Waals surface area contributed by atoms with E-state index in [4.69, 9.17) is 4.74 Å². The number of para-hydroxylation sites is 1. The molecule has 2 heterocycles. The normalized spacial score (nSPS) is 16.0. The van der Waals surface area contributed by atoms with Gasteiger partial charge in [0.15, 0.2) is 5.69 Å². The standard InChI is InChI=1S/C29H23BrF3N3O2/c1-38-21-10-8-18(9-11-21)17-35-26-22(28(27(35)37)12-5-13-28)14-19(15-23(26)30)24-16-25(29(31,32)33)34-36(24)20-6-3-2-4-7-20/h2-4,6-11,14-16H,5,12-13,17H2,1H3. The molecular weight excluding hydrogens is 559 g/mol. The van der Waals surface area contributed by atoms with Gasteiger partial charge in [-0.15, -0.1) is 0 Å². The summed E-state index contributed by atoms with van der Waals surface area (Å²) in [5.74, 6) is 0.761. The number of ether oxygens (including phenoxy) is 1. The van der Waals surface area contributed by atoms with Gasteiger partial charge in [0.05, 0.1) is 36.1 Å². The average molecular weight is 582 g/mol. The zero-order valence-electron chi connectivity index (χ0n) is 20.4. The SMILES string of the molecule is COc1ccc(CN2C(=O)C3(CCC3)c3cc(-c4cc(C(F)(F)F)nn4-c4ccccc4)cc(Br)c32)cc1. The fraction of sp³-hybridized carbons (Fsp3) is 0.241. The molecule has 0 N–H and O–H groups in total. The highest BCUT2D eigenvalue weighted by molar-refractivity contribution is 9.10. The molecule has 1 aliphatic carbocycles. The number of carbonyl (C=O) groups is 1. The number of fused-ring (bicyclic) bond motifs is 2. The zero-order chi connectivity index (χ0) is 26.7. The minimum absolute atomic E-state index is 0.0277. The molecule has 1 aromatic heterocycles. The van der Waals surface area contributed by atoms with Crippen LogP contribution in [0.15, 0.2) is 77.3 Å². The molecule has 1 saturated carbocycles. The first-order valence-corrected chi connectivity index (χ1v) is 13.0. The number of anilines is 1. The molecule has 0 unspecified atom stereocenters. The average Bonchev–Trinajstić information content (AvgIpc) is 3.43. The summed E-state index contributed by atoms with van der Waals surface area (Å²) < 4.78 is 48.4. The largest absolute Gasteiger partial charge is 0.497 e. The van der Waals surface area contributed by atoms with Crippen LogP contribution in [-0.2, 0) is 22.9 Å². The summed E-state index contributed by atoms with van der Waals surface area (Å²) >= 11 is 3.67. The Hall–Kier alpha value is -3.59. The Labute approximate surface area is 226 Å². The lowest BCUT2D eigenvalue weighted by molar-refractivity contribution is -0.141. The maximum atomic E-state index is 13.8. The highest BCUT2D eigenvalue weighted by Gasteiger charge is 2.55. The molecule has 0 saturated heterocycles. The van der Waals surface area contributed by atoms with E-state index in [1.165, 1.54) is 4.68 Å². The third kappa shape index (κ3) is 3.91. The molecule has 0 bridgehead atoms. The van der Waals surface area contributed by atoms with Gasteiger partial charge in [-0.3, -0.25) is 4.79 Å². The number of alkyl halides is 3. The van der Waals surface area contributed by atoms with E-state index < -0.39 is 17.3 Å². The van der Waals surface area contributed by atoms with Crippen LogP contribution in [-0.4, -0.2) is 22.8 Å². The molecule has 5 nitrogen and oxygen atoms in total. The number of rotatable bonds is 5. The number of amides is 1. The molecule has 0 radical (unpaired) electrons. The minimum Gasteiger partial charge on any atom is -0.497 e. The molecule has 1 amide bonds. The molecule has 1 fully saturated rings. The van der Waals surface area contributed by atoms with Gasteiger partial charge in [0.25, 0.3) is 0 Å². The summed E-state index contributed by atoms with van der Waals surface area (Å²) in [5, 5.41) is 3.91. The number of benzene rings is 3. The van der Waals surface area contributed by atoms with Crippen LogP contribution in [0.1, 0.15) is 36.1 Å². The van der Waals surface area contributed by atoms with Gasteiger partial charge in [0.1, 0.15) is 5.75 Å². The van der Waals surface area contributed by atoms with Gasteiger partial charge in [-0.1, -0.05) is 36.8 Å². The molecule has 3 aromatic carbocycles. The van der Waals surface area contributed by atoms with Crippen molar-refractivity contribution in [3.8, 4) is 22.7 Å². The van der Waals surface area contributed by atoms with Gasteiger partial charge in [-0.05, 0) is 82.4 Å². The van der Waals surface area contributed by atoms with E-state index in [9.17, 15) is 18.0 Å². The lowest BCUT2D eigenvalue weighted by atomic mass is 9.65. The summed E-state index contributed by atoms with van der Waals surface area (Å²) in [6, 6.07) is 21.0. The highest BCUT2D eigenvalue weighted by Crippen LogP contribution is 2.56. The van der Waals surface area contributed by atoms with Crippen LogP contribution < -0.4 is 9.64 Å². The van der Waals surface area contributed by atoms with E-state index in [0.29, 0.717) is 40.8 Å². The van der Waals surface area contributed by atoms with Crippen molar-refractivity contribution in [1.29, 1.82) is 0 Å². The zero-order valence-corrected chi connectivity index (χ0v) is 22.0. The van der Waals surface area contributed by atoms with Crippen LogP contribution >= 0.6 is 15.9 Å². The second kappa shape index (κ2) is 9.01. The van der Waals surface area contributed by atoms with Gasteiger partial charge < -0.3 is 9.64 Å². The van der Waals surface area contributed by atoms with Gasteiger partial charge in [-0.2, -0.15) is 18.3 Å². The number of halogens is 4. The van der Waals surface area contributed by atoms with Crippen molar-refractivity contribution < 1.29 is 22.7 Å². The maximum Gasteiger partial charge on any atom is 0.435 e. The lowest BCUT2D eigenvalue weighted by Crippen LogP contribution is -2.44. The molecule has 0 atom stereocenters. The van der Waals surface area contributed by atoms with Crippen molar-refractivity contribution >= 4 is 27.5 Å². The van der Waals surface area contributed by atoms with Crippen LogP contribution in [0.25, 0.3) is 16.9 Å². The summed E-state index contributed by atoms with van der Waals surface area (Å²) in [5.41, 5.74) is 2.33. The Bertz CT molecular complexity index is 1530. The van der Waals surface area contributed by atoms with Crippen molar-refractivity contribution in [2.45, 2.75) is 37.4 Å². The highest BCUT2D eigenvalue weighted by atomic mass is 79.9. The molecule has 9 heteroatoms. The van der Waals surface area contributed by atoms with Crippen molar-refractivity contribution in [3.63, 3.8) is 0 Å². The van der Waals surface area contributed by atoms with Gasteiger partial charge in [0.2, 0.25) is 5.91 Å². The summed E-state index contributed by atoms with van der Waals surface area (Å²) in [6.45, 7) is 0.385. The van der Waals surface area contributed by atoms with E-state index in [2.05, 4.69) is 21.0 Å². The quantitative estimate of drug-likeness (QED) is 0.248. The Morgan fingerprint density at radius 1 is 1.03 bits per heavy atom. The molecule has 6 rings (SSSR count). The monoisotopic (exact) mass is 581 g/mol. The predicted molar refractivity (Wildman–Crippen MR) is 141 cm³/mol. The number of nitrogens with zero attached hydrogens (tertiary/aromatic N) is 3. The van der Waals surface area contributed by atoms with E-state index in [1.54, 1.807) is 48.4 Å². The molecule has 1 spiro atoms. The van der Waals surface area contributed by atoms with E-state index in [1.807, 2.05) is 30.3 Å². The number of hydrogen-bond acceptors (Lipinski definition) is 3. The van der Waals surface area contributed by atoms with Crippen LogP contribution in [0.4, 0.5) is 18.9 Å². The Morgan fingerprint density at radius 3 is 2.34 bits per heavy atom. The Kier molecular flexibility index (Phi) is 5.86. The number of aromatic nitrogens is 2. The van der Waals surface area contributed by atoms with E-state index >= 15 is 0 Å². The van der Waals surface area contributed by atoms with Gasteiger partial charge in [0, 0.05) is 10.0 Å². The van der Waals surface area contributed by atoms with Crippen LogP contribution in [0.5, 0.6) is 5.75 Å². The lowest BCUT2D eigenvalue weighted by Gasteiger charge is -2.37. The predicted octanol–water partition coefficient (Wildman–Crippen LogP) is 7.30. The third-order valence-corrected chi connectivity index (χ3v) is 8.11. The minimum atomic E-state index is -4.59. The second-order valence-electron chi connectivity index (χ2n) is 9.69. The number of carbonyl (C=O) groups excluding carboxylic acids is 1. The van der Waals surface area contributed by atoms with Crippen LogP contribution in [0.3, 0.4) is 0 Å². The third-order valence-electron chi connectivity index (χ3n) is 7.51. The first kappa shape index (κ1) is 24.7. The fourth-order valence-electron chi connectivity index (χ4n) is 5.43. The molecular formula is C29H23BrF3N3O2. The Balaban J connectivity index is 1.48. The number of methoxy groups -OCH3 is 1. The van der Waals surface area contributed by atoms with E-state index in [-0.39, 0.29) is 5.91 Å².